The quantitative estimate of drug-likeness (QED) is 0.700. The molecule has 1 N–H and O–H groups in total. The van der Waals surface area contributed by atoms with Gasteiger partial charge in [-0.15, -0.1) is 0 Å². The number of hydrogen-bond donors (Lipinski definition) is 1. The summed E-state index contributed by atoms with van der Waals surface area (Å²) >= 11 is 0. The van der Waals surface area contributed by atoms with Gasteiger partial charge in [0.05, 0.1) is 6.61 Å². The van der Waals surface area contributed by atoms with Crippen LogP contribution in [0.5, 0.6) is 0 Å². The van der Waals surface area contributed by atoms with Crippen LogP contribution in [0.3, 0.4) is 0 Å². The third-order valence-electron chi connectivity index (χ3n) is 5.27. The molecule has 0 aliphatic heterocycles. The van der Waals surface area contributed by atoms with Crippen molar-refractivity contribution in [1.29, 1.82) is 0 Å². The number of hydrogen-bond acceptors (Lipinski definition) is 2. The highest BCUT2D eigenvalue weighted by atomic mass is 16.5. The Morgan fingerprint density at radius 3 is 2.94 bits per heavy atom. The van der Waals surface area contributed by atoms with E-state index in [9.17, 15) is 0 Å². The fourth-order valence-corrected chi connectivity index (χ4v) is 3.98. The van der Waals surface area contributed by atoms with E-state index in [-0.39, 0.29) is 0 Å². The van der Waals surface area contributed by atoms with Crippen molar-refractivity contribution in [3.05, 3.63) is 0 Å². The molecule has 0 aromatic heterocycles. The first-order chi connectivity index (χ1) is 8.80. The van der Waals surface area contributed by atoms with Gasteiger partial charge in [-0.25, -0.2) is 0 Å². The van der Waals surface area contributed by atoms with Crippen LogP contribution in [-0.4, -0.2) is 26.8 Å². The molecule has 1 spiro atoms. The number of ether oxygens (including phenoxy) is 1. The fourth-order valence-electron chi connectivity index (χ4n) is 3.98. The highest BCUT2D eigenvalue weighted by Crippen LogP contribution is 2.60. The molecule has 106 valence electrons. The molecule has 2 heteroatoms. The Bertz CT molecular complexity index is 243. The zero-order valence-electron chi connectivity index (χ0n) is 12.3. The van der Waals surface area contributed by atoms with Gasteiger partial charge in [0.25, 0.3) is 0 Å². The molecule has 18 heavy (non-hydrogen) atoms. The molecule has 2 aliphatic rings. The molecule has 2 nitrogen and oxygen atoms in total. The van der Waals surface area contributed by atoms with Crippen molar-refractivity contribution < 1.29 is 4.74 Å². The Morgan fingerprint density at radius 1 is 1.28 bits per heavy atom. The summed E-state index contributed by atoms with van der Waals surface area (Å²) in [6.07, 6.45) is 11.8. The highest BCUT2D eigenvalue weighted by molar-refractivity contribution is 5.03. The van der Waals surface area contributed by atoms with Gasteiger partial charge >= 0.3 is 0 Å². The zero-order chi connectivity index (χ0) is 12.8. The molecule has 2 aliphatic carbocycles. The van der Waals surface area contributed by atoms with Crippen LogP contribution < -0.4 is 5.32 Å². The Hall–Kier alpha value is -0.0800. The van der Waals surface area contributed by atoms with Crippen molar-refractivity contribution in [3.63, 3.8) is 0 Å². The summed E-state index contributed by atoms with van der Waals surface area (Å²) in [4.78, 5) is 0. The van der Waals surface area contributed by atoms with Crippen LogP contribution in [0.25, 0.3) is 0 Å². The van der Waals surface area contributed by atoms with E-state index in [1.54, 1.807) is 7.11 Å². The first-order valence-electron chi connectivity index (χ1n) is 8.00. The van der Waals surface area contributed by atoms with Gasteiger partial charge in [0.1, 0.15) is 0 Å². The molecule has 2 fully saturated rings. The summed E-state index contributed by atoms with van der Waals surface area (Å²) in [5.41, 5.74) is 0.753. The molecule has 0 aromatic rings. The second kappa shape index (κ2) is 6.91. The van der Waals surface area contributed by atoms with Gasteiger partial charge in [0.15, 0.2) is 0 Å². The van der Waals surface area contributed by atoms with E-state index in [4.69, 9.17) is 4.74 Å². The summed E-state index contributed by atoms with van der Waals surface area (Å²) in [5, 5.41) is 3.55. The molecule has 0 amide bonds. The average Bonchev–Trinajstić information content (AvgIpc) is 3.10. The second-order valence-corrected chi connectivity index (χ2v) is 6.55. The maximum atomic E-state index is 5.08. The van der Waals surface area contributed by atoms with Gasteiger partial charge in [-0.1, -0.05) is 32.6 Å². The molecular weight excluding hydrogens is 222 g/mol. The lowest BCUT2D eigenvalue weighted by atomic mass is 9.91. The van der Waals surface area contributed by atoms with Gasteiger partial charge in [0, 0.05) is 13.7 Å². The molecule has 0 saturated heterocycles. The molecule has 0 bridgehead atoms. The highest BCUT2D eigenvalue weighted by Gasteiger charge is 2.52. The predicted molar refractivity (Wildman–Crippen MR) is 76.8 cm³/mol. The largest absolute Gasteiger partial charge is 0.383 e. The SMILES string of the molecule is CCCC1CCCC2(CC1)CC2CNCCOC. The molecule has 3 atom stereocenters. The van der Waals surface area contributed by atoms with Crippen LogP contribution in [0, 0.1) is 17.3 Å². The molecule has 2 rings (SSSR count). The molecule has 2 saturated carbocycles. The van der Waals surface area contributed by atoms with Crippen molar-refractivity contribution in [1.82, 2.24) is 5.32 Å². The monoisotopic (exact) mass is 253 g/mol. The van der Waals surface area contributed by atoms with Gasteiger partial charge in [-0.2, -0.15) is 0 Å². The third kappa shape index (κ3) is 3.71. The van der Waals surface area contributed by atoms with Crippen molar-refractivity contribution in [3.8, 4) is 0 Å². The summed E-state index contributed by atoms with van der Waals surface area (Å²) < 4.78 is 5.08. The van der Waals surface area contributed by atoms with Gasteiger partial charge in [-0.3, -0.25) is 0 Å². The van der Waals surface area contributed by atoms with Crippen molar-refractivity contribution in [2.75, 3.05) is 26.8 Å². The number of nitrogens with one attached hydrogen (secondary N) is 1. The summed E-state index contributed by atoms with van der Waals surface area (Å²) in [6, 6.07) is 0. The van der Waals surface area contributed by atoms with Crippen LogP contribution in [-0.2, 0) is 4.74 Å². The molecular formula is C16H31NO. The smallest absolute Gasteiger partial charge is 0.0587 e. The topological polar surface area (TPSA) is 21.3 Å². The van der Waals surface area contributed by atoms with Crippen LogP contribution >= 0.6 is 0 Å². The fraction of sp³-hybridized carbons (Fsp3) is 1.00. The standard InChI is InChI=1S/C16H31NO/c1-3-5-14-6-4-8-16(9-7-14)12-15(16)13-17-10-11-18-2/h14-15,17H,3-13H2,1-2H3. The van der Waals surface area contributed by atoms with Crippen LogP contribution in [0.2, 0.25) is 0 Å². The predicted octanol–water partition coefficient (Wildman–Crippen LogP) is 3.61. The van der Waals surface area contributed by atoms with Crippen LogP contribution in [0.15, 0.2) is 0 Å². The van der Waals surface area contributed by atoms with E-state index < -0.39 is 0 Å². The van der Waals surface area contributed by atoms with Crippen molar-refractivity contribution >= 4 is 0 Å². The summed E-state index contributed by atoms with van der Waals surface area (Å²) in [7, 11) is 1.78. The summed E-state index contributed by atoms with van der Waals surface area (Å²) in [5.74, 6) is 2.01. The molecule has 0 aromatic carbocycles. The van der Waals surface area contributed by atoms with E-state index in [0.717, 1.165) is 30.4 Å². The van der Waals surface area contributed by atoms with Gasteiger partial charge < -0.3 is 10.1 Å². The minimum atomic E-state index is 0.753. The van der Waals surface area contributed by atoms with E-state index in [1.165, 1.54) is 57.9 Å². The molecule has 3 unspecified atom stereocenters. The van der Waals surface area contributed by atoms with E-state index >= 15 is 0 Å². The Balaban J connectivity index is 1.67. The lowest BCUT2D eigenvalue weighted by molar-refractivity contribution is 0.198. The molecule has 0 heterocycles. The van der Waals surface area contributed by atoms with E-state index in [0.29, 0.717) is 0 Å². The maximum Gasteiger partial charge on any atom is 0.0587 e. The minimum Gasteiger partial charge on any atom is -0.383 e. The lowest BCUT2D eigenvalue weighted by Gasteiger charge is -2.15. The lowest BCUT2D eigenvalue weighted by Crippen LogP contribution is -2.23. The van der Waals surface area contributed by atoms with E-state index in [2.05, 4.69) is 12.2 Å². The average molecular weight is 253 g/mol. The Kier molecular flexibility index (Phi) is 5.50. The third-order valence-corrected chi connectivity index (χ3v) is 5.27. The van der Waals surface area contributed by atoms with E-state index in [1.807, 2.05) is 0 Å². The zero-order valence-corrected chi connectivity index (χ0v) is 12.3. The maximum absolute atomic E-state index is 5.08. The van der Waals surface area contributed by atoms with Gasteiger partial charge in [-0.05, 0) is 49.5 Å². The summed E-state index contributed by atoms with van der Waals surface area (Å²) in [6.45, 7) is 5.42. The number of rotatable bonds is 7. The normalized spacial score (nSPS) is 35.7. The minimum absolute atomic E-state index is 0.753. The first kappa shape index (κ1) is 14.3. The number of methoxy groups -OCH3 is 1. The van der Waals surface area contributed by atoms with Crippen molar-refractivity contribution in [2.24, 2.45) is 17.3 Å². The van der Waals surface area contributed by atoms with Gasteiger partial charge in [0.2, 0.25) is 0 Å². The Labute approximate surface area is 113 Å². The van der Waals surface area contributed by atoms with Crippen LogP contribution in [0.4, 0.5) is 0 Å². The van der Waals surface area contributed by atoms with Crippen LogP contribution in [0.1, 0.15) is 58.3 Å². The Morgan fingerprint density at radius 2 is 2.17 bits per heavy atom. The van der Waals surface area contributed by atoms with Crippen molar-refractivity contribution in [2.45, 2.75) is 58.3 Å². The second-order valence-electron chi connectivity index (χ2n) is 6.55. The molecule has 0 radical (unpaired) electrons. The first-order valence-corrected chi connectivity index (χ1v) is 8.00.